The summed E-state index contributed by atoms with van der Waals surface area (Å²) in [5.74, 6) is -0.640. The summed E-state index contributed by atoms with van der Waals surface area (Å²) in [4.78, 5) is 23.8. The molecular weight excluding hydrogens is 284 g/mol. The first-order valence-corrected chi connectivity index (χ1v) is 6.85. The van der Waals surface area contributed by atoms with Crippen LogP contribution in [0.2, 0.25) is 0 Å². The average molecular weight is 302 g/mol. The maximum atomic E-state index is 11.9. The van der Waals surface area contributed by atoms with Gasteiger partial charge >= 0.3 is 5.97 Å². The Kier molecular flexibility index (Phi) is 4.60. The third-order valence-corrected chi connectivity index (χ3v) is 3.24. The largest absolute Gasteiger partial charge is 0.452 e. The van der Waals surface area contributed by atoms with Crippen LogP contribution in [0.15, 0.2) is 22.7 Å². The van der Waals surface area contributed by atoms with Crippen LogP contribution in [0, 0.1) is 27.7 Å². The predicted molar refractivity (Wildman–Crippen MR) is 80.8 cm³/mol. The van der Waals surface area contributed by atoms with E-state index in [0.29, 0.717) is 17.1 Å². The molecule has 116 valence electrons. The fraction of sp³-hybridized carbons (Fsp3) is 0.312. The number of hydrogen-bond acceptors (Lipinski definition) is 5. The zero-order valence-electron chi connectivity index (χ0n) is 13.0. The second-order valence-electron chi connectivity index (χ2n) is 5.14. The van der Waals surface area contributed by atoms with Gasteiger partial charge in [0.25, 0.3) is 5.91 Å². The zero-order valence-corrected chi connectivity index (χ0v) is 13.0. The molecule has 0 unspecified atom stereocenters. The molecule has 1 heterocycles. The number of rotatable bonds is 4. The van der Waals surface area contributed by atoms with E-state index in [2.05, 4.69) is 10.5 Å². The molecule has 2 aromatic rings. The van der Waals surface area contributed by atoms with Gasteiger partial charge in [-0.3, -0.25) is 4.79 Å². The summed E-state index contributed by atoms with van der Waals surface area (Å²) in [5, 5.41) is 6.40. The standard InChI is InChI=1S/C16H18N2O4/c1-9-5-6-10(2)13(7-9)17-14(19)8-21-16(20)15-11(3)18-22-12(15)4/h5-7H,8H2,1-4H3,(H,17,19). The minimum Gasteiger partial charge on any atom is -0.452 e. The van der Waals surface area contributed by atoms with Crippen molar-refractivity contribution in [1.82, 2.24) is 5.16 Å². The van der Waals surface area contributed by atoms with E-state index in [9.17, 15) is 9.59 Å². The average Bonchev–Trinajstić information content (AvgIpc) is 2.80. The van der Waals surface area contributed by atoms with Gasteiger partial charge in [0, 0.05) is 5.69 Å². The van der Waals surface area contributed by atoms with E-state index in [0.717, 1.165) is 11.1 Å². The molecule has 6 nitrogen and oxygen atoms in total. The fourth-order valence-corrected chi connectivity index (χ4v) is 2.03. The first-order valence-electron chi connectivity index (χ1n) is 6.85. The minimum atomic E-state index is -0.618. The van der Waals surface area contributed by atoms with Gasteiger partial charge in [0.15, 0.2) is 6.61 Å². The van der Waals surface area contributed by atoms with Crippen LogP contribution in [-0.2, 0) is 9.53 Å². The van der Waals surface area contributed by atoms with Crippen molar-refractivity contribution >= 4 is 17.6 Å². The number of aromatic nitrogens is 1. The lowest BCUT2D eigenvalue weighted by Gasteiger charge is -2.09. The quantitative estimate of drug-likeness (QED) is 0.878. The summed E-state index contributed by atoms with van der Waals surface area (Å²) in [6, 6.07) is 5.74. The monoisotopic (exact) mass is 302 g/mol. The highest BCUT2D eigenvalue weighted by Gasteiger charge is 2.20. The van der Waals surface area contributed by atoms with Gasteiger partial charge in [-0.1, -0.05) is 17.3 Å². The Morgan fingerprint density at radius 3 is 2.59 bits per heavy atom. The van der Waals surface area contributed by atoms with Gasteiger partial charge in [0.1, 0.15) is 11.3 Å². The topological polar surface area (TPSA) is 81.4 Å². The van der Waals surface area contributed by atoms with Gasteiger partial charge < -0.3 is 14.6 Å². The predicted octanol–water partition coefficient (Wildman–Crippen LogP) is 2.70. The number of anilines is 1. The van der Waals surface area contributed by atoms with Crippen LogP contribution in [0.3, 0.4) is 0 Å². The molecule has 0 fully saturated rings. The highest BCUT2D eigenvalue weighted by Crippen LogP contribution is 2.16. The van der Waals surface area contributed by atoms with E-state index in [1.165, 1.54) is 0 Å². The van der Waals surface area contributed by atoms with E-state index in [1.807, 2.05) is 32.0 Å². The molecule has 1 amide bonds. The second-order valence-corrected chi connectivity index (χ2v) is 5.14. The third kappa shape index (κ3) is 3.52. The summed E-state index contributed by atoms with van der Waals surface area (Å²) in [6.45, 7) is 6.73. The van der Waals surface area contributed by atoms with Crippen LogP contribution >= 0.6 is 0 Å². The summed E-state index contributed by atoms with van der Waals surface area (Å²) >= 11 is 0. The van der Waals surface area contributed by atoms with E-state index in [4.69, 9.17) is 9.26 Å². The molecular formula is C16H18N2O4. The lowest BCUT2D eigenvalue weighted by Crippen LogP contribution is -2.21. The number of ether oxygens (including phenoxy) is 1. The van der Waals surface area contributed by atoms with Crippen LogP contribution in [0.4, 0.5) is 5.69 Å². The number of amides is 1. The lowest BCUT2D eigenvalue weighted by molar-refractivity contribution is -0.119. The number of nitrogens with one attached hydrogen (secondary N) is 1. The molecule has 0 atom stereocenters. The van der Waals surface area contributed by atoms with Crippen LogP contribution in [-0.4, -0.2) is 23.6 Å². The van der Waals surface area contributed by atoms with Crippen molar-refractivity contribution in [3.8, 4) is 0 Å². The molecule has 1 aromatic heterocycles. The summed E-state index contributed by atoms with van der Waals surface area (Å²) < 4.78 is 9.90. The second kappa shape index (κ2) is 6.43. The van der Waals surface area contributed by atoms with Crippen molar-refractivity contribution in [3.63, 3.8) is 0 Å². The summed E-state index contributed by atoms with van der Waals surface area (Å²) in [5.41, 5.74) is 3.39. The molecule has 1 aromatic carbocycles. The van der Waals surface area contributed by atoms with Gasteiger partial charge in [-0.15, -0.1) is 0 Å². The van der Waals surface area contributed by atoms with Crippen molar-refractivity contribution < 1.29 is 18.8 Å². The van der Waals surface area contributed by atoms with Crippen molar-refractivity contribution in [1.29, 1.82) is 0 Å². The first kappa shape index (κ1) is 15.8. The molecule has 0 saturated heterocycles. The Morgan fingerprint density at radius 1 is 1.23 bits per heavy atom. The molecule has 2 rings (SSSR count). The van der Waals surface area contributed by atoms with Crippen LogP contribution in [0.5, 0.6) is 0 Å². The number of hydrogen-bond donors (Lipinski definition) is 1. The molecule has 1 N–H and O–H groups in total. The number of carbonyl (C=O) groups excluding carboxylic acids is 2. The number of aryl methyl sites for hydroxylation is 4. The highest BCUT2D eigenvalue weighted by molar-refractivity contribution is 5.96. The third-order valence-electron chi connectivity index (χ3n) is 3.24. The molecule has 0 radical (unpaired) electrons. The van der Waals surface area contributed by atoms with Crippen molar-refractivity contribution in [2.75, 3.05) is 11.9 Å². The first-order chi connectivity index (χ1) is 10.4. The lowest BCUT2D eigenvalue weighted by atomic mass is 10.1. The molecule has 22 heavy (non-hydrogen) atoms. The molecule has 0 bridgehead atoms. The molecule has 0 aliphatic rings. The maximum absolute atomic E-state index is 11.9. The molecule has 0 aliphatic carbocycles. The normalized spacial score (nSPS) is 10.4. The van der Waals surface area contributed by atoms with Crippen LogP contribution in [0.25, 0.3) is 0 Å². The van der Waals surface area contributed by atoms with Gasteiger partial charge in [0.2, 0.25) is 0 Å². The Labute approximate surface area is 128 Å². The SMILES string of the molecule is Cc1ccc(C)c(NC(=O)COC(=O)c2c(C)noc2C)c1. The van der Waals surface area contributed by atoms with Gasteiger partial charge in [-0.25, -0.2) is 4.79 Å². The van der Waals surface area contributed by atoms with Crippen LogP contribution < -0.4 is 5.32 Å². The van der Waals surface area contributed by atoms with Crippen molar-refractivity contribution in [3.05, 3.63) is 46.3 Å². The van der Waals surface area contributed by atoms with Gasteiger partial charge in [0.05, 0.1) is 5.69 Å². The van der Waals surface area contributed by atoms with Crippen LogP contribution in [0.1, 0.15) is 32.9 Å². The molecule has 0 spiro atoms. The fourth-order valence-electron chi connectivity index (χ4n) is 2.03. The number of esters is 1. The maximum Gasteiger partial charge on any atom is 0.344 e. The zero-order chi connectivity index (χ0) is 16.3. The Morgan fingerprint density at radius 2 is 1.95 bits per heavy atom. The number of carbonyl (C=O) groups is 2. The van der Waals surface area contributed by atoms with Gasteiger partial charge in [-0.2, -0.15) is 0 Å². The minimum absolute atomic E-state index is 0.263. The van der Waals surface area contributed by atoms with Crippen molar-refractivity contribution in [2.24, 2.45) is 0 Å². The number of nitrogens with zero attached hydrogens (tertiary/aromatic N) is 1. The Balaban J connectivity index is 1.96. The van der Waals surface area contributed by atoms with E-state index < -0.39 is 11.9 Å². The van der Waals surface area contributed by atoms with Crippen molar-refractivity contribution in [2.45, 2.75) is 27.7 Å². The smallest absolute Gasteiger partial charge is 0.344 e. The molecule has 0 saturated carbocycles. The number of benzene rings is 1. The Hall–Kier alpha value is -2.63. The Bertz CT molecular complexity index is 699. The summed E-state index contributed by atoms with van der Waals surface area (Å²) in [6.07, 6.45) is 0. The van der Waals surface area contributed by atoms with E-state index >= 15 is 0 Å². The molecule has 6 heteroatoms. The van der Waals surface area contributed by atoms with E-state index in [-0.39, 0.29) is 12.2 Å². The molecule has 0 aliphatic heterocycles. The highest BCUT2D eigenvalue weighted by atomic mass is 16.5. The van der Waals surface area contributed by atoms with E-state index in [1.54, 1.807) is 13.8 Å². The van der Waals surface area contributed by atoms with Gasteiger partial charge in [-0.05, 0) is 44.9 Å². The summed E-state index contributed by atoms with van der Waals surface area (Å²) in [7, 11) is 0.